The molecule has 0 spiro atoms. The van der Waals surface area contributed by atoms with E-state index in [1.165, 1.54) is 4.90 Å². The second-order valence-electron chi connectivity index (χ2n) is 8.07. The molecule has 3 amide bonds. The van der Waals surface area contributed by atoms with Crippen LogP contribution >= 0.6 is 0 Å². The summed E-state index contributed by atoms with van der Waals surface area (Å²) in [6.07, 6.45) is 1.74. The van der Waals surface area contributed by atoms with Gasteiger partial charge in [0.1, 0.15) is 6.54 Å². The van der Waals surface area contributed by atoms with Crippen LogP contribution in [-0.2, 0) is 16.1 Å². The third kappa shape index (κ3) is 4.36. The number of hydrogen-bond acceptors (Lipinski definition) is 4. The summed E-state index contributed by atoms with van der Waals surface area (Å²) < 4.78 is 0. The maximum Gasteiger partial charge on any atom is 0.259 e. The maximum atomic E-state index is 12.8. The van der Waals surface area contributed by atoms with Crippen LogP contribution in [0.2, 0.25) is 0 Å². The summed E-state index contributed by atoms with van der Waals surface area (Å²) in [5.41, 5.74) is 9.00. The number of nitrogens with zero attached hydrogens (tertiary/aromatic N) is 2. The first-order chi connectivity index (χ1) is 14.9. The Hall–Kier alpha value is -3.45. The van der Waals surface area contributed by atoms with E-state index in [-0.39, 0.29) is 30.2 Å². The molecule has 7 nitrogen and oxygen atoms in total. The van der Waals surface area contributed by atoms with Crippen LogP contribution in [0.5, 0.6) is 0 Å². The summed E-state index contributed by atoms with van der Waals surface area (Å²) in [6, 6.07) is 14.8. The molecule has 2 aromatic carbocycles. The number of rotatable bonds is 6. The molecule has 1 unspecified atom stereocenters. The monoisotopic (exact) mass is 418 g/mol. The van der Waals surface area contributed by atoms with Crippen molar-refractivity contribution in [3.05, 3.63) is 71.8 Å². The molecular weight excluding hydrogens is 392 g/mol. The molecule has 1 atom stereocenters. The summed E-state index contributed by atoms with van der Waals surface area (Å²) in [4.78, 5) is 40.6. The van der Waals surface area contributed by atoms with Crippen molar-refractivity contribution >= 4 is 29.1 Å². The molecule has 4 rings (SSSR count). The molecule has 0 aromatic heterocycles. The first-order valence-electron chi connectivity index (χ1n) is 10.4. The quantitative estimate of drug-likeness (QED) is 0.753. The van der Waals surface area contributed by atoms with E-state index in [9.17, 15) is 14.4 Å². The highest BCUT2D eigenvalue weighted by molar-refractivity contribution is 6.11. The van der Waals surface area contributed by atoms with Crippen LogP contribution in [0.15, 0.2) is 55.1 Å². The molecule has 2 aromatic rings. The number of para-hydroxylation sites is 1. The molecule has 160 valence electrons. The summed E-state index contributed by atoms with van der Waals surface area (Å²) in [5.74, 6) is -0.898. The Bertz CT molecular complexity index is 1010. The van der Waals surface area contributed by atoms with Gasteiger partial charge in [-0.15, -0.1) is 0 Å². The second kappa shape index (κ2) is 8.73. The Balaban J connectivity index is 1.42. The van der Waals surface area contributed by atoms with Crippen molar-refractivity contribution in [2.45, 2.75) is 19.4 Å². The van der Waals surface area contributed by atoms with Crippen LogP contribution in [0.4, 0.5) is 5.69 Å². The summed E-state index contributed by atoms with van der Waals surface area (Å²) in [7, 11) is 0. The highest BCUT2D eigenvalue weighted by Gasteiger charge is 2.32. The molecule has 3 N–H and O–H groups in total. The minimum absolute atomic E-state index is 0.103. The number of nitrogens with two attached hydrogens (primary N) is 1. The van der Waals surface area contributed by atoms with Gasteiger partial charge in [0.05, 0.1) is 5.92 Å². The van der Waals surface area contributed by atoms with Crippen LogP contribution < -0.4 is 11.1 Å². The fraction of sp³-hybridized carbons (Fsp3) is 0.292. The van der Waals surface area contributed by atoms with E-state index in [4.69, 9.17) is 5.73 Å². The van der Waals surface area contributed by atoms with Gasteiger partial charge in [-0.2, -0.15) is 0 Å². The Morgan fingerprint density at radius 2 is 1.81 bits per heavy atom. The van der Waals surface area contributed by atoms with Crippen LogP contribution in [0.1, 0.15) is 34.3 Å². The number of nitrogens with one attached hydrogen (secondary N) is 1. The first-order valence-corrected chi connectivity index (χ1v) is 10.4. The maximum absolute atomic E-state index is 12.8. The summed E-state index contributed by atoms with van der Waals surface area (Å²) >= 11 is 0. The van der Waals surface area contributed by atoms with Gasteiger partial charge in [-0.05, 0) is 37.1 Å². The predicted octanol–water partition coefficient (Wildman–Crippen LogP) is 2.45. The average molecular weight is 418 g/mol. The molecule has 1 saturated heterocycles. The van der Waals surface area contributed by atoms with E-state index in [1.54, 1.807) is 12.1 Å². The lowest BCUT2D eigenvalue weighted by Crippen LogP contribution is -2.40. The van der Waals surface area contributed by atoms with Crippen molar-refractivity contribution in [3.63, 3.8) is 0 Å². The van der Waals surface area contributed by atoms with Crippen molar-refractivity contribution in [2.75, 3.05) is 25.0 Å². The van der Waals surface area contributed by atoms with Gasteiger partial charge in [0.2, 0.25) is 11.8 Å². The average Bonchev–Trinajstić information content (AvgIpc) is 3.00. The van der Waals surface area contributed by atoms with Crippen LogP contribution in [-0.4, -0.2) is 47.2 Å². The standard InChI is InChI=1S/C24H26N4O3/c1-16-19-9-3-4-10-20(19)24(31)28(16)15-22(29)26-21-11-5-2-7-17(21)13-27-12-6-8-18(14-27)23(25)30/h2-5,7,9-11,18H,1,6,8,12-15H2,(H2,25,30)(H,26,29). The highest BCUT2D eigenvalue weighted by Crippen LogP contribution is 2.31. The molecule has 0 bridgehead atoms. The van der Waals surface area contributed by atoms with Crippen LogP contribution in [0.3, 0.4) is 0 Å². The number of anilines is 1. The van der Waals surface area contributed by atoms with Gasteiger partial charge in [0, 0.05) is 35.6 Å². The molecule has 2 aliphatic heterocycles. The van der Waals surface area contributed by atoms with Crippen molar-refractivity contribution < 1.29 is 14.4 Å². The number of amides is 3. The molecule has 31 heavy (non-hydrogen) atoms. The van der Waals surface area contributed by atoms with Gasteiger partial charge < -0.3 is 11.1 Å². The Kier molecular flexibility index (Phi) is 5.86. The third-order valence-corrected chi connectivity index (χ3v) is 5.93. The van der Waals surface area contributed by atoms with E-state index >= 15 is 0 Å². The molecule has 7 heteroatoms. The van der Waals surface area contributed by atoms with Crippen molar-refractivity contribution in [1.82, 2.24) is 9.80 Å². The van der Waals surface area contributed by atoms with Crippen LogP contribution in [0, 0.1) is 5.92 Å². The number of benzene rings is 2. The number of piperidine rings is 1. The molecule has 2 aliphatic rings. The van der Waals surface area contributed by atoms with E-state index in [0.29, 0.717) is 30.0 Å². The number of likely N-dealkylation sites (tertiary alicyclic amines) is 1. The van der Waals surface area contributed by atoms with Crippen molar-refractivity contribution in [3.8, 4) is 0 Å². The highest BCUT2D eigenvalue weighted by atomic mass is 16.2. The summed E-state index contributed by atoms with van der Waals surface area (Å²) in [6.45, 7) is 6.00. The molecule has 0 aliphatic carbocycles. The number of fused-ring (bicyclic) bond motifs is 1. The van der Waals surface area contributed by atoms with E-state index in [2.05, 4.69) is 16.8 Å². The lowest BCUT2D eigenvalue weighted by atomic mass is 9.97. The third-order valence-electron chi connectivity index (χ3n) is 5.93. The minimum atomic E-state index is -0.289. The zero-order valence-corrected chi connectivity index (χ0v) is 17.3. The molecule has 2 heterocycles. The molecule has 0 saturated carbocycles. The van der Waals surface area contributed by atoms with E-state index in [0.717, 1.165) is 30.5 Å². The van der Waals surface area contributed by atoms with Gasteiger partial charge >= 0.3 is 0 Å². The largest absolute Gasteiger partial charge is 0.369 e. The topological polar surface area (TPSA) is 95.7 Å². The SMILES string of the molecule is C=C1c2ccccc2C(=O)N1CC(=O)Nc1ccccc1CN1CCCC(C(N)=O)C1. The predicted molar refractivity (Wildman–Crippen MR) is 119 cm³/mol. The first kappa shape index (κ1) is 20.8. The Morgan fingerprint density at radius 1 is 1.10 bits per heavy atom. The molecule has 0 radical (unpaired) electrons. The Labute approximate surface area is 181 Å². The molecule has 1 fully saturated rings. The zero-order chi connectivity index (χ0) is 22.0. The smallest absolute Gasteiger partial charge is 0.259 e. The van der Waals surface area contributed by atoms with Crippen molar-refractivity contribution in [2.24, 2.45) is 11.7 Å². The van der Waals surface area contributed by atoms with Gasteiger partial charge in [-0.1, -0.05) is 43.0 Å². The second-order valence-corrected chi connectivity index (χ2v) is 8.07. The lowest BCUT2D eigenvalue weighted by Gasteiger charge is -2.31. The lowest BCUT2D eigenvalue weighted by molar-refractivity contribution is -0.123. The van der Waals surface area contributed by atoms with E-state index in [1.807, 2.05) is 36.4 Å². The number of carbonyl (C=O) groups is 3. The molecular formula is C24H26N4O3. The summed E-state index contributed by atoms with van der Waals surface area (Å²) in [5, 5.41) is 2.94. The number of carbonyl (C=O) groups excluding carboxylic acids is 3. The van der Waals surface area contributed by atoms with Crippen molar-refractivity contribution in [1.29, 1.82) is 0 Å². The minimum Gasteiger partial charge on any atom is -0.369 e. The van der Waals surface area contributed by atoms with Gasteiger partial charge in [0.15, 0.2) is 0 Å². The van der Waals surface area contributed by atoms with Gasteiger partial charge in [0.25, 0.3) is 5.91 Å². The fourth-order valence-electron chi connectivity index (χ4n) is 4.29. The normalized spacial score (nSPS) is 18.7. The zero-order valence-electron chi connectivity index (χ0n) is 17.3. The Morgan fingerprint density at radius 3 is 2.55 bits per heavy atom. The van der Waals surface area contributed by atoms with Gasteiger partial charge in [-0.25, -0.2) is 0 Å². The van der Waals surface area contributed by atoms with Crippen LogP contribution in [0.25, 0.3) is 5.70 Å². The van der Waals surface area contributed by atoms with Gasteiger partial charge in [-0.3, -0.25) is 24.2 Å². The fourth-order valence-corrected chi connectivity index (χ4v) is 4.29. The number of primary amides is 1. The van der Waals surface area contributed by atoms with E-state index < -0.39 is 0 Å². The number of hydrogen-bond donors (Lipinski definition) is 2.